The number of anilines is 1. The molecule has 1 amide bonds. The highest BCUT2D eigenvalue weighted by Crippen LogP contribution is 2.33. The smallest absolute Gasteiger partial charge is 0.255 e. The Hall–Kier alpha value is -1.70. The average molecular weight is 360 g/mol. The van der Waals surface area contributed by atoms with Crippen LogP contribution >= 0.6 is 0 Å². The number of likely N-dealkylation sites (N-methyl/N-ethyl adjacent to an activating group) is 1. The standard InChI is InChI=1S/C19H28N4O3/c1-2-21-7-9-23(10-8-21)18(24)16-13-17(15-20-14-16)22-5-3-19(4-6-22)25-11-12-26-19/h13-15H,2-12H2,1H3. The Labute approximate surface area is 154 Å². The van der Waals surface area contributed by atoms with Crippen LogP contribution in [0.2, 0.25) is 0 Å². The van der Waals surface area contributed by atoms with Gasteiger partial charge in [-0.3, -0.25) is 9.78 Å². The van der Waals surface area contributed by atoms with Crippen LogP contribution < -0.4 is 4.90 Å². The molecule has 0 atom stereocenters. The summed E-state index contributed by atoms with van der Waals surface area (Å²) in [5.41, 5.74) is 1.69. The van der Waals surface area contributed by atoms with Crippen molar-refractivity contribution in [3.8, 4) is 0 Å². The third-order valence-corrected chi connectivity index (χ3v) is 5.78. The molecule has 1 aromatic rings. The molecule has 0 unspecified atom stereocenters. The number of hydrogen-bond acceptors (Lipinski definition) is 6. The highest BCUT2D eigenvalue weighted by Gasteiger charge is 2.39. The number of rotatable bonds is 3. The third kappa shape index (κ3) is 3.56. The summed E-state index contributed by atoms with van der Waals surface area (Å²) in [5.74, 6) is -0.290. The molecule has 26 heavy (non-hydrogen) atoms. The minimum atomic E-state index is -0.379. The van der Waals surface area contributed by atoms with Gasteiger partial charge in [0.25, 0.3) is 5.91 Å². The fraction of sp³-hybridized carbons (Fsp3) is 0.684. The number of aromatic nitrogens is 1. The number of hydrogen-bond donors (Lipinski definition) is 0. The van der Waals surface area contributed by atoms with E-state index in [4.69, 9.17) is 9.47 Å². The van der Waals surface area contributed by atoms with Gasteiger partial charge in [0.2, 0.25) is 0 Å². The molecular weight excluding hydrogens is 332 g/mol. The summed E-state index contributed by atoms with van der Waals surface area (Å²) in [6.45, 7) is 9.78. The minimum Gasteiger partial charge on any atom is -0.370 e. The second kappa shape index (κ2) is 7.50. The van der Waals surface area contributed by atoms with E-state index in [0.29, 0.717) is 18.8 Å². The van der Waals surface area contributed by atoms with Crippen LogP contribution in [0, 0.1) is 0 Å². The Bertz CT molecular complexity index is 629. The monoisotopic (exact) mass is 360 g/mol. The molecule has 3 saturated heterocycles. The van der Waals surface area contributed by atoms with Gasteiger partial charge < -0.3 is 24.2 Å². The summed E-state index contributed by atoms with van der Waals surface area (Å²) in [4.78, 5) is 23.8. The molecule has 3 fully saturated rings. The molecule has 4 rings (SSSR count). The zero-order chi connectivity index (χ0) is 18.0. The van der Waals surface area contributed by atoms with Crippen molar-refractivity contribution in [1.29, 1.82) is 0 Å². The van der Waals surface area contributed by atoms with Crippen LogP contribution in [0.25, 0.3) is 0 Å². The highest BCUT2D eigenvalue weighted by molar-refractivity contribution is 5.94. The number of piperidine rings is 1. The van der Waals surface area contributed by atoms with Crippen molar-refractivity contribution >= 4 is 11.6 Å². The molecule has 3 aliphatic rings. The zero-order valence-corrected chi connectivity index (χ0v) is 15.5. The predicted molar refractivity (Wildman–Crippen MR) is 98.3 cm³/mol. The van der Waals surface area contributed by atoms with Crippen molar-refractivity contribution in [1.82, 2.24) is 14.8 Å². The van der Waals surface area contributed by atoms with Crippen LogP contribution in [0.4, 0.5) is 5.69 Å². The summed E-state index contributed by atoms with van der Waals surface area (Å²) in [6, 6.07) is 1.98. The van der Waals surface area contributed by atoms with Gasteiger partial charge in [-0.15, -0.1) is 0 Å². The highest BCUT2D eigenvalue weighted by atomic mass is 16.7. The van der Waals surface area contributed by atoms with Crippen molar-refractivity contribution in [2.45, 2.75) is 25.6 Å². The number of nitrogens with zero attached hydrogens (tertiary/aromatic N) is 4. The summed E-state index contributed by atoms with van der Waals surface area (Å²) in [6.07, 6.45) is 5.24. The van der Waals surface area contributed by atoms with Gasteiger partial charge >= 0.3 is 0 Å². The van der Waals surface area contributed by atoms with E-state index < -0.39 is 0 Å². The largest absolute Gasteiger partial charge is 0.370 e. The van der Waals surface area contributed by atoms with Gasteiger partial charge in [0.15, 0.2) is 5.79 Å². The SMILES string of the molecule is CCN1CCN(C(=O)c2cncc(N3CCC4(CC3)OCCO4)c2)CC1. The van der Waals surface area contributed by atoms with Crippen molar-refractivity contribution in [2.75, 3.05) is 63.9 Å². The molecule has 7 heteroatoms. The van der Waals surface area contributed by atoms with E-state index in [9.17, 15) is 4.79 Å². The molecule has 0 N–H and O–H groups in total. The van der Waals surface area contributed by atoms with E-state index in [0.717, 1.165) is 64.3 Å². The molecule has 1 spiro atoms. The lowest BCUT2D eigenvalue weighted by Crippen LogP contribution is -2.48. The molecule has 142 valence electrons. The molecular formula is C19H28N4O3. The third-order valence-electron chi connectivity index (χ3n) is 5.78. The second-order valence-corrected chi connectivity index (χ2v) is 7.25. The Balaban J connectivity index is 1.40. The fourth-order valence-corrected chi connectivity index (χ4v) is 4.06. The topological polar surface area (TPSA) is 58.1 Å². The molecule has 0 saturated carbocycles. The average Bonchev–Trinajstić information content (AvgIpc) is 3.16. The Kier molecular flexibility index (Phi) is 5.11. The number of pyridine rings is 1. The van der Waals surface area contributed by atoms with Crippen LogP contribution in [0.15, 0.2) is 18.5 Å². The first-order valence-corrected chi connectivity index (χ1v) is 9.69. The molecule has 0 aromatic carbocycles. The fourth-order valence-electron chi connectivity index (χ4n) is 4.06. The van der Waals surface area contributed by atoms with Gasteiger partial charge in [0, 0.05) is 58.3 Å². The molecule has 1 aromatic heterocycles. The predicted octanol–water partition coefficient (Wildman–Crippen LogP) is 1.20. The number of carbonyl (C=O) groups excluding carboxylic acids is 1. The van der Waals surface area contributed by atoms with E-state index in [-0.39, 0.29) is 11.7 Å². The molecule has 4 heterocycles. The van der Waals surface area contributed by atoms with E-state index in [2.05, 4.69) is 21.7 Å². The quantitative estimate of drug-likeness (QED) is 0.807. The van der Waals surface area contributed by atoms with Crippen LogP contribution in [-0.2, 0) is 9.47 Å². The first-order valence-electron chi connectivity index (χ1n) is 9.69. The lowest BCUT2D eigenvalue weighted by atomic mass is 10.0. The molecule has 7 nitrogen and oxygen atoms in total. The first kappa shape index (κ1) is 17.7. The first-order chi connectivity index (χ1) is 12.7. The Morgan fingerprint density at radius 1 is 1.08 bits per heavy atom. The van der Waals surface area contributed by atoms with Gasteiger partial charge in [-0.05, 0) is 12.6 Å². The second-order valence-electron chi connectivity index (χ2n) is 7.25. The van der Waals surface area contributed by atoms with Crippen LogP contribution in [0.3, 0.4) is 0 Å². The maximum atomic E-state index is 12.8. The normalized spacial score (nSPS) is 23.6. The van der Waals surface area contributed by atoms with Crippen LogP contribution in [-0.4, -0.2) is 85.5 Å². The van der Waals surface area contributed by atoms with Gasteiger partial charge in [-0.25, -0.2) is 0 Å². The van der Waals surface area contributed by atoms with Crippen molar-refractivity contribution in [3.63, 3.8) is 0 Å². The Morgan fingerprint density at radius 2 is 1.77 bits per heavy atom. The molecule has 0 aliphatic carbocycles. The molecule has 0 bridgehead atoms. The zero-order valence-electron chi connectivity index (χ0n) is 15.5. The summed E-state index contributed by atoms with van der Waals surface area (Å²) >= 11 is 0. The van der Waals surface area contributed by atoms with E-state index in [1.165, 1.54) is 0 Å². The number of amides is 1. The van der Waals surface area contributed by atoms with Gasteiger partial charge in [-0.2, -0.15) is 0 Å². The summed E-state index contributed by atoms with van der Waals surface area (Å²) in [5, 5.41) is 0. The molecule has 0 radical (unpaired) electrons. The number of piperazine rings is 1. The van der Waals surface area contributed by atoms with Gasteiger partial charge in [0.1, 0.15) is 0 Å². The van der Waals surface area contributed by atoms with Gasteiger partial charge in [0.05, 0.1) is 30.7 Å². The van der Waals surface area contributed by atoms with Crippen molar-refractivity contribution in [2.24, 2.45) is 0 Å². The number of carbonyl (C=O) groups is 1. The Morgan fingerprint density at radius 3 is 2.42 bits per heavy atom. The van der Waals surface area contributed by atoms with Crippen LogP contribution in [0.1, 0.15) is 30.1 Å². The van der Waals surface area contributed by atoms with Gasteiger partial charge in [-0.1, -0.05) is 6.92 Å². The lowest BCUT2D eigenvalue weighted by molar-refractivity contribution is -0.169. The maximum Gasteiger partial charge on any atom is 0.255 e. The van der Waals surface area contributed by atoms with Crippen molar-refractivity contribution in [3.05, 3.63) is 24.0 Å². The minimum absolute atomic E-state index is 0.0889. The summed E-state index contributed by atoms with van der Waals surface area (Å²) < 4.78 is 11.6. The van der Waals surface area contributed by atoms with Crippen molar-refractivity contribution < 1.29 is 14.3 Å². The van der Waals surface area contributed by atoms with E-state index in [1.807, 2.05) is 17.2 Å². The summed E-state index contributed by atoms with van der Waals surface area (Å²) in [7, 11) is 0. The van der Waals surface area contributed by atoms with E-state index >= 15 is 0 Å². The lowest BCUT2D eigenvalue weighted by Gasteiger charge is -2.38. The maximum absolute atomic E-state index is 12.8. The number of ether oxygens (including phenoxy) is 2. The van der Waals surface area contributed by atoms with Crippen LogP contribution in [0.5, 0.6) is 0 Å². The molecule has 3 aliphatic heterocycles. The van der Waals surface area contributed by atoms with E-state index in [1.54, 1.807) is 6.20 Å².